The molecule has 1 aliphatic rings. The summed E-state index contributed by atoms with van der Waals surface area (Å²) in [6, 6.07) is 25.0. The molecular weight excluding hydrogens is 472 g/mol. The number of hydrogen-bond acceptors (Lipinski definition) is 3. The van der Waals surface area contributed by atoms with Gasteiger partial charge in [-0.2, -0.15) is 0 Å². The molecule has 31 heavy (non-hydrogen) atoms. The maximum absolute atomic E-state index is 10.6. The van der Waals surface area contributed by atoms with Gasteiger partial charge in [0.05, 0.1) is 17.4 Å². The molecule has 0 amide bonds. The van der Waals surface area contributed by atoms with E-state index in [9.17, 15) is 5.11 Å². The van der Waals surface area contributed by atoms with Crippen LogP contribution in [0.1, 0.15) is 23.5 Å². The molecule has 0 saturated carbocycles. The Labute approximate surface area is 194 Å². The molecule has 0 bridgehead atoms. The Morgan fingerprint density at radius 1 is 0.968 bits per heavy atom. The number of phenols is 1. The minimum absolute atomic E-state index is 0.180. The quantitative estimate of drug-likeness (QED) is 0.369. The third-order valence-electron chi connectivity index (χ3n) is 5.41. The van der Waals surface area contributed by atoms with Crippen molar-refractivity contribution < 1.29 is 5.11 Å². The molecule has 2 atom stereocenters. The molecule has 7 heteroatoms. The number of nitrogens with zero attached hydrogens (tertiary/aromatic N) is 3. The molecule has 0 radical (unpaired) electrons. The fourth-order valence-electron chi connectivity index (χ4n) is 4.08. The maximum Gasteiger partial charge on any atom is 0.174 e. The summed E-state index contributed by atoms with van der Waals surface area (Å²) in [4.78, 5) is 6.57. The molecule has 0 spiro atoms. The van der Waals surface area contributed by atoms with Gasteiger partial charge in [-0.1, -0.05) is 40.2 Å². The van der Waals surface area contributed by atoms with Crippen LogP contribution in [0.5, 0.6) is 5.75 Å². The highest BCUT2D eigenvalue weighted by Crippen LogP contribution is 2.44. The van der Waals surface area contributed by atoms with Crippen molar-refractivity contribution in [3.8, 4) is 11.4 Å². The summed E-state index contributed by atoms with van der Waals surface area (Å²) in [6.45, 7) is 0. The summed E-state index contributed by atoms with van der Waals surface area (Å²) in [6.07, 6.45) is 3.82. The number of rotatable bonds is 4. The zero-order valence-corrected chi connectivity index (χ0v) is 18.8. The van der Waals surface area contributed by atoms with E-state index in [1.54, 1.807) is 18.3 Å². The maximum atomic E-state index is 10.6. The molecule has 2 aromatic heterocycles. The van der Waals surface area contributed by atoms with Crippen molar-refractivity contribution in [2.45, 2.75) is 12.1 Å². The Balaban J connectivity index is 1.69. The lowest BCUT2D eigenvalue weighted by Crippen LogP contribution is -2.30. The van der Waals surface area contributed by atoms with Gasteiger partial charge in [0.15, 0.2) is 5.11 Å². The summed E-state index contributed by atoms with van der Waals surface area (Å²) >= 11 is 9.32. The highest BCUT2D eigenvalue weighted by Gasteiger charge is 2.42. The zero-order chi connectivity index (χ0) is 21.4. The molecule has 1 aliphatic heterocycles. The topological polar surface area (TPSA) is 53.3 Å². The lowest BCUT2D eigenvalue weighted by atomic mass is 10.0. The van der Waals surface area contributed by atoms with Gasteiger partial charge in [0.2, 0.25) is 0 Å². The number of anilines is 1. The summed E-state index contributed by atoms with van der Waals surface area (Å²) < 4.78 is 3.15. The molecule has 2 aromatic carbocycles. The summed E-state index contributed by atoms with van der Waals surface area (Å²) in [5.41, 5.74) is 3.61. The van der Waals surface area contributed by atoms with Crippen LogP contribution in [0.15, 0.2) is 95.7 Å². The first-order valence-corrected chi connectivity index (χ1v) is 11.1. The molecular formula is C24H19BrN4OS. The van der Waals surface area contributed by atoms with Crippen molar-refractivity contribution >= 4 is 38.9 Å². The van der Waals surface area contributed by atoms with Gasteiger partial charge in [0.25, 0.3) is 0 Å². The molecule has 1 saturated heterocycles. The second-order valence-corrected chi connectivity index (χ2v) is 8.57. The van der Waals surface area contributed by atoms with Crippen molar-refractivity contribution in [3.05, 3.63) is 107 Å². The number of nitrogens with one attached hydrogen (secondary N) is 1. The van der Waals surface area contributed by atoms with Crippen LogP contribution < -0.4 is 10.2 Å². The fraction of sp³-hybridized carbons (Fsp3) is 0.0833. The molecule has 3 heterocycles. The Morgan fingerprint density at radius 2 is 1.81 bits per heavy atom. The van der Waals surface area contributed by atoms with Crippen LogP contribution in [0.25, 0.3) is 5.69 Å². The molecule has 0 aliphatic carbocycles. The van der Waals surface area contributed by atoms with E-state index in [-0.39, 0.29) is 17.8 Å². The molecule has 1 fully saturated rings. The molecule has 2 N–H and O–H groups in total. The van der Waals surface area contributed by atoms with Crippen LogP contribution in [-0.2, 0) is 0 Å². The van der Waals surface area contributed by atoms with E-state index in [0.717, 1.165) is 21.5 Å². The SMILES string of the molecule is Oc1ccccc1N1C(=S)N[C@@H](c2ccccn2)[C@@H]1c1cccn1-c1cccc(Br)c1. The minimum Gasteiger partial charge on any atom is -0.506 e. The summed E-state index contributed by atoms with van der Waals surface area (Å²) in [5.74, 6) is 0.180. The lowest BCUT2D eigenvalue weighted by molar-refractivity contribution is 0.472. The second-order valence-electron chi connectivity index (χ2n) is 7.27. The Morgan fingerprint density at radius 3 is 2.58 bits per heavy atom. The zero-order valence-electron chi connectivity index (χ0n) is 16.4. The molecule has 0 unspecified atom stereocenters. The predicted octanol–water partition coefficient (Wildman–Crippen LogP) is 5.52. The number of halogens is 1. The fourth-order valence-corrected chi connectivity index (χ4v) is 4.80. The number of para-hydroxylation sites is 2. The van der Waals surface area contributed by atoms with Gasteiger partial charge in [-0.05, 0) is 66.8 Å². The number of pyridine rings is 1. The van der Waals surface area contributed by atoms with Crippen LogP contribution in [0.4, 0.5) is 5.69 Å². The average Bonchev–Trinajstić information content (AvgIpc) is 3.39. The number of aromatic hydroxyl groups is 1. The monoisotopic (exact) mass is 490 g/mol. The third-order valence-corrected chi connectivity index (χ3v) is 6.22. The van der Waals surface area contributed by atoms with Crippen LogP contribution in [-0.4, -0.2) is 19.8 Å². The average molecular weight is 491 g/mol. The summed E-state index contributed by atoms with van der Waals surface area (Å²) in [5, 5.41) is 14.6. The number of hydrogen-bond donors (Lipinski definition) is 2. The lowest BCUT2D eigenvalue weighted by Gasteiger charge is -2.29. The number of phenolic OH excluding ortho intramolecular Hbond substituents is 1. The third kappa shape index (κ3) is 3.60. The van der Waals surface area contributed by atoms with Crippen molar-refractivity contribution in [3.63, 3.8) is 0 Å². The van der Waals surface area contributed by atoms with Crippen LogP contribution >= 0.6 is 28.1 Å². The largest absolute Gasteiger partial charge is 0.506 e. The number of thiocarbonyl (C=S) groups is 1. The minimum atomic E-state index is -0.218. The van der Waals surface area contributed by atoms with Crippen LogP contribution in [0, 0.1) is 0 Å². The number of aromatic nitrogens is 2. The Bertz CT molecular complexity index is 1240. The smallest absolute Gasteiger partial charge is 0.174 e. The highest BCUT2D eigenvalue weighted by molar-refractivity contribution is 9.10. The molecule has 154 valence electrons. The second kappa shape index (κ2) is 8.17. The molecule has 4 aromatic rings. The van der Waals surface area contributed by atoms with E-state index in [1.807, 2.05) is 59.6 Å². The molecule has 5 rings (SSSR count). The molecule has 5 nitrogen and oxygen atoms in total. The van der Waals surface area contributed by atoms with Crippen LogP contribution in [0.3, 0.4) is 0 Å². The van der Waals surface area contributed by atoms with Gasteiger partial charge in [-0.3, -0.25) is 4.98 Å². The normalized spacial score (nSPS) is 18.2. The first-order chi connectivity index (χ1) is 15.1. The van der Waals surface area contributed by atoms with Crippen molar-refractivity contribution in [2.75, 3.05) is 4.90 Å². The highest BCUT2D eigenvalue weighted by atomic mass is 79.9. The predicted molar refractivity (Wildman–Crippen MR) is 130 cm³/mol. The van der Waals surface area contributed by atoms with Crippen molar-refractivity contribution in [2.24, 2.45) is 0 Å². The van der Waals surface area contributed by atoms with Gasteiger partial charge in [-0.25, -0.2) is 0 Å². The van der Waals surface area contributed by atoms with Crippen LogP contribution in [0.2, 0.25) is 0 Å². The van der Waals surface area contributed by atoms with E-state index < -0.39 is 0 Å². The number of benzene rings is 2. The van der Waals surface area contributed by atoms with E-state index >= 15 is 0 Å². The van der Waals surface area contributed by atoms with Crippen molar-refractivity contribution in [1.29, 1.82) is 0 Å². The van der Waals surface area contributed by atoms with E-state index in [0.29, 0.717) is 10.8 Å². The van der Waals surface area contributed by atoms with E-state index in [1.165, 1.54) is 0 Å². The van der Waals surface area contributed by atoms with Crippen molar-refractivity contribution in [1.82, 2.24) is 14.9 Å². The van der Waals surface area contributed by atoms with E-state index in [2.05, 4.69) is 49.0 Å². The Kier molecular flexibility index (Phi) is 5.21. The van der Waals surface area contributed by atoms with Gasteiger partial charge in [-0.15, -0.1) is 0 Å². The van der Waals surface area contributed by atoms with E-state index in [4.69, 9.17) is 12.2 Å². The first kappa shape index (κ1) is 19.8. The first-order valence-electron chi connectivity index (χ1n) is 9.85. The summed E-state index contributed by atoms with van der Waals surface area (Å²) in [7, 11) is 0. The van der Waals surface area contributed by atoms with Gasteiger partial charge < -0.3 is 19.9 Å². The standard InChI is InChI=1S/C24H19BrN4OS/c25-16-7-5-8-17(15-16)28-14-6-11-20(28)23-22(18-9-3-4-13-26-18)27-24(31)29(23)19-10-1-2-12-21(19)30/h1-15,22-23,30H,(H,27,31)/t22-,23-/m0/s1. The van der Waals surface area contributed by atoms with Gasteiger partial charge in [0, 0.05) is 28.2 Å². The van der Waals surface area contributed by atoms with Gasteiger partial charge in [0.1, 0.15) is 11.8 Å². The van der Waals surface area contributed by atoms with Gasteiger partial charge >= 0.3 is 0 Å². The Hall–Kier alpha value is -3.16.